The molecule has 2 rings (SSSR count). The predicted octanol–water partition coefficient (Wildman–Crippen LogP) is 3.73. The van der Waals surface area contributed by atoms with Gasteiger partial charge in [0.25, 0.3) is 0 Å². The molecule has 0 saturated heterocycles. The Kier molecular flexibility index (Phi) is 3.28. The van der Waals surface area contributed by atoms with Gasteiger partial charge in [-0.2, -0.15) is 0 Å². The van der Waals surface area contributed by atoms with Gasteiger partial charge in [0, 0.05) is 10.6 Å². The van der Waals surface area contributed by atoms with Crippen LogP contribution < -0.4 is 0 Å². The Morgan fingerprint density at radius 3 is 2.44 bits per heavy atom. The third-order valence-corrected chi connectivity index (χ3v) is 2.91. The van der Waals surface area contributed by atoms with E-state index in [1.54, 1.807) is 0 Å². The Bertz CT molecular complexity index is 479. The summed E-state index contributed by atoms with van der Waals surface area (Å²) in [5, 5.41) is 10.8. The molecule has 16 heavy (non-hydrogen) atoms. The Morgan fingerprint density at radius 1 is 1.06 bits per heavy atom. The average molecular weight is 233 g/mol. The molecule has 2 aromatic rings. The number of benzene rings is 2. The average Bonchev–Trinajstić information content (AvgIpc) is 2.32. The predicted molar refractivity (Wildman–Crippen MR) is 66.7 cm³/mol. The first kappa shape index (κ1) is 11.2. The topological polar surface area (TPSA) is 20.2 Å². The van der Waals surface area contributed by atoms with Crippen molar-refractivity contribution in [3.63, 3.8) is 0 Å². The van der Waals surface area contributed by atoms with Crippen LogP contribution in [0.15, 0.2) is 48.5 Å². The van der Waals surface area contributed by atoms with Crippen molar-refractivity contribution in [2.24, 2.45) is 0 Å². The molecule has 1 unspecified atom stereocenters. The van der Waals surface area contributed by atoms with Crippen molar-refractivity contribution in [3.8, 4) is 0 Å². The minimum absolute atomic E-state index is 0.599. The van der Waals surface area contributed by atoms with Gasteiger partial charge in [0.2, 0.25) is 0 Å². The molecule has 2 aromatic carbocycles. The van der Waals surface area contributed by atoms with E-state index in [9.17, 15) is 5.11 Å². The highest BCUT2D eigenvalue weighted by Gasteiger charge is 2.13. The molecular formula is C14H13ClO. The molecule has 1 atom stereocenters. The second-order valence-electron chi connectivity index (χ2n) is 3.84. The highest BCUT2D eigenvalue weighted by atomic mass is 35.5. The molecule has 0 fully saturated rings. The summed E-state index contributed by atoms with van der Waals surface area (Å²) in [6, 6.07) is 15.2. The molecule has 0 aliphatic rings. The quantitative estimate of drug-likeness (QED) is 0.837. The van der Waals surface area contributed by atoms with Crippen LogP contribution in [0.5, 0.6) is 0 Å². The summed E-state index contributed by atoms with van der Waals surface area (Å²) in [7, 11) is 0. The van der Waals surface area contributed by atoms with Crippen molar-refractivity contribution >= 4 is 11.6 Å². The summed E-state index contributed by atoms with van der Waals surface area (Å²) in [6.45, 7) is 1.98. The van der Waals surface area contributed by atoms with E-state index >= 15 is 0 Å². The van der Waals surface area contributed by atoms with Crippen LogP contribution in [0.2, 0.25) is 5.02 Å². The van der Waals surface area contributed by atoms with Crippen LogP contribution >= 0.6 is 11.6 Å². The summed E-state index contributed by atoms with van der Waals surface area (Å²) in [5.74, 6) is 0. The van der Waals surface area contributed by atoms with Crippen molar-refractivity contribution in [1.82, 2.24) is 0 Å². The zero-order valence-corrected chi connectivity index (χ0v) is 9.78. The number of aryl methyl sites for hydroxylation is 1. The first-order valence-electron chi connectivity index (χ1n) is 5.17. The smallest absolute Gasteiger partial charge is 0.105 e. The fourth-order valence-electron chi connectivity index (χ4n) is 1.69. The number of rotatable bonds is 2. The lowest BCUT2D eigenvalue weighted by molar-refractivity contribution is 0.220. The fraction of sp³-hybridized carbons (Fsp3) is 0.143. The van der Waals surface area contributed by atoms with Crippen LogP contribution in [-0.4, -0.2) is 5.11 Å². The molecule has 1 N–H and O–H groups in total. The molecule has 82 valence electrons. The lowest BCUT2D eigenvalue weighted by atomic mass is 10.00. The summed E-state index contributed by atoms with van der Waals surface area (Å²) in [5.41, 5.74) is 2.71. The van der Waals surface area contributed by atoms with Crippen LogP contribution in [0.25, 0.3) is 0 Å². The van der Waals surface area contributed by atoms with Crippen LogP contribution in [0.3, 0.4) is 0 Å². The lowest BCUT2D eigenvalue weighted by Crippen LogP contribution is -2.00. The maximum absolute atomic E-state index is 10.2. The van der Waals surface area contributed by atoms with Crippen molar-refractivity contribution in [3.05, 3.63) is 70.2 Å². The van der Waals surface area contributed by atoms with Crippen LogP contribution in [0.4, 0.5) is 0 Å². The van der Waals surface area contributed by atoms with Crippen LogP contribution in [0.1, 0.15) is 22.8 Å². The summed E-state index contributed by atoms with van der Waals surface area (Å²) >= 11 is 6.08. The second-order valence-corrected chi connectivity index (χ2v) is 4.25. The maximum atomic E-state index is 10.2. The summed E-state index contributed by atoms with van der Waals surface area (Å²) in [4.78, 5) is 0. The third kappa shape index (κ3) is 2.26. The van der Waals surface area contributed by atoms with Gasteiger partial charge in [0.15, 0.2) is 0 Å². The van der Waals surface area contributed by atoms with E-state index in [1.807, 2.05) is 55.5 Å². The largest absolute Gasteiger partial charge is 0.384 e. The lowest BCUT2D eigenvalue weighted by Gasteiger charge is -2.13. The molecule has 0 saturated carbocycles. The summed E-state index contributed by atoms with van der Waals surface area (Å²) < 4.78 is 0. The van der Waals surface area contributed by atoms with Gasteiger partial charge in [0.05, 0.1) is 0 Å². The van der Waals surface area contributed by atoms with Crippen molar-refractivity contribution in [1.29, 1.82) is 0 Å². The first-order chi connectivity index (χ1) is 7.68. The second kappa shape index (κ2) is 4.69. The van der Waals surface area contributed by atoms with E-state index in [1.165, 1.54) is 0 Å². The molecule has 0 heterocycles. The van der Waals surface area contributed by atoms with Gasteiger partial charge < -0.3 is 5.11 Å². The number of hydrogen-bond donors (Lipinski definition) is 1. The maximum Gasteiger partial charge on any atom is 0.105 e. The molecule has 0 aliphatic heterocycles. The van der Waals surface area contributed by atoms with Crippen LogP contribution in [-0.2, 0) is 0 Å². The molecule has 0 amide bonds. The van der Waals surface area contributed by atoms with Crippen molar-refractivity contribution in [2.75, 3.05) is 0 Å². The van der Waals surface area contributed by atoms with E-state index in [4.69, 9.17) is 11.6 Å². The van der Waals surface area contributed by atoms with Gasteiger partial charge in [-0.25, -0.2) is 0 Å². The minimum atomic E-state index is -0.659. The fourth-order valence-corrected chi connectivity index (χ4v) is 1.91. The zero-order chi connectivity index (χ0) is 11.5. The standard InChI is InChI=1S/C14H13ClO/c1-10-7-8-13(15)12(9-10)14(16)11-5-3-2-4-6-11/h2-9,14,16H,1H3. The van der Waals surface area contributed by atoms with E-state index in [2.05, 4.69) is 0 Å². The normalized spacial score (nSPS) is 12.4. The van der Waals surface area contributed by atoms with E-state index in [0.29, 0.717) is 5.02 Å². The van der Waals surface area contributed by atoms with Gasteiger partial charge in [-0.15, -0.1) is 0 Å². The Labute approximate surface area is 100 Å². The molecule has 2 heteroatoms. The van der Waals surface area contributed by atoms with E-state index < -0.39 is 6.10 Å². The van der Waals surface area contributed by atoms with Crippen LogP contribution in [0, 0.1) is 6.92 Å². The highest BCUT2D eigenvalue weighted by Crippen LogP contribution is 2.28. The molecule has 0 aromatic heterocycles. The van der Waals surface area contributed by atoms with E-state index in [-0.39, 0.29) is 0 Å². The Hall–Kier alpha value is -1.31. The highest BCUT2D eigenvalue weighted by molar-refractivity contribution is 6.31. The SMILES string of the molecule is Cc1ccc(Cl)c(C(O)c2ccccc2)c1. The van der Waals surface area contributed by atoms with E-state index in [0.717, 1.165) is 16.7 Å². The molecule has 0 bridgehead atoms. The zero-order valence-electron chi connectivity index (χ0n) is 9.02. The third-order valence-electron chi connectivity index (χ3n) is 2.56. The van der Waals surface area contributed by atoms with Crippen molar-refractivity contribution < 1.29 is 5.11 Å². The Morgan fingerprint density at radius 2 is 1.75 bits per heavy atom. The van der Waals surface area contributed by atoms with Gasteiger partial charge in [0.1, 0.15) is 6.10 Å². The van der Waals surface area contributed by atoms with Gasteiger partial charge in [-0.05, 0) is 18.6 Å². The number of halogens is 1. The van der Waals surface area contributed by atoms with Gasteiger partial charge in [-0.3, -0.25) is 0 Å². The van der Waals surface area contributed by atoms with Crippen molar-refractivity contribution in [2.45, 2.75) is 13.0 Å². The molecule has 0 radical (unpaired) electrons. The number of hydrogen-bond acceptors (Lipinski definition) is 1. The molecule has 0 aliphatic carbocycles. The number of aliphatic hydroxyl groups is 1. The molecule has 1 nitrogen and oxygen atoms in total. The monoisotopic (exact) mass is 232 g/mol. The first-order valence-corrected chi connectivity index (χ1v) is 5.55. The van der Waals surface area contributed by atoms with Gasteiger partial charge in [-0.1, -0.05) is 59.6 Å². The van der Waals surface area contributed by atoms with Gasteiger partial charge >= 0.3 is 0 Å². The molecular weight excluding hydrogens is 220 g/mol. The Balaban J connectivity index is 2.41. The number of aliphatic hydroxyl groups excluding tert-OH is 1. The molecule has 0 spiro atoms. The minimum Gasteiger partial charge on any atom is -0.384 e. The summed E-state index contributed by atoms with van der Waals surface area (Å²) in [6.07, 6.45) is -0.659.